The molecular formula is C16H21N5O. The summed E-state index contributed by atoms with van der Waals surface area (Å²) in [5.74, 6) is 2.17. The van der Waals surface area contributed by atoms with Gasteiger partial charge in [-0.05, 0) is 50.8 Å². The third-order valence-corrected chi connectivity index (χ3v) is 4.83. The van der Waals surface area contributed by atoms with E-state index in [4.69, 9.17) is 4.74 Å². The quantitative estimate of drug-likeness (QED) is 0.932. The van der Waals surface area contributed by atoms with E-state index in [2.05, 4.69) is 20.6 Å². The maximum Gasteiger partial charge on any atom is 0.233 e. The van der Waals surface area contributed by atoms with Crippen LogP contribution in [0.2, 0.25) is 0 Å². The van der Waals surface area contributed by atoms with Crippen molar-refractivity contribution in [1.29, 1.82) is 0 Å². The SMILES string of the molecule is Cc1nn(C)cc1-c1ccc(OC2CC3CNCC3C2)nn1. The molecule has 2 unspecified atom stereocenters. The summed E-state index contributed by atoms with van der Waals surface area (Å²) in [6.45, 7) is 4.25. The zero-order valence-corrected chi connectivity index (χ0v) is 13.0. The molecule has 22 heavy (non-hydrogen) atoms. The van der Waals surface area contributed by atoms with E-state index in [1.807, 2.05) is 32.3 Å². The third kappa shape index (κ3) is 2.47. The van der Waals surface area contributed by atoms with Gasteiger partial charge in [0.2, 0.25) is 5.88 Å². The molecule has 0 radical (unpaired) electrons. The molecule has 6 heteroatoms. The topological polar surface area (TPSA) is 64.9 Å². The van der Waals surface area contributed by atoms with Crippen molar-refractivity contribution >= 4 is 0 Å². The van der Waals surface area contributed by atoms with E-state index in [0.717, 1.165) is 54.7 Å². The lowest BCUT2D eigenvalue weighted by atomic mass is 10.0. The first-order valence-corrected chi connectivity index (χ1v) is 7.91. The molecule has 0 aromatic carbocycles. The van der Waals surface area contributed by atoms with E-state index in [1.54, 1.807) is 4.68 Å². The van der Waals surface area contributed by atoms with Gasteiger partial charge in [0.1, 0.15) is 6.10 Å². The Morgan fingerprint density at radius 1 is 1.18 bits per heavy atom. The first-order chi connectivity index (χ1) is 10.7. The van der Waals surface area contributed by atoms with Crippen LogP contribution < -0.4 is 10.1 Å². The lowest BCUT2D eigenvalue weighted by Gasteiger charge is -2.13. The van der Waals surface area contributed by atoms with E-state index in [-0.39, 0.29) is 6.10 Å². The predicted molar refractivity (Wildman–Crippen MR) is 82.5 cm³/mol. The molecule has 4 rings (SSSR count). The Hall–Kier alpha value is -1.95. The second-order valence-electron chi connectivity index (χ2n) is 6.45. The zero-order chi connectivity index (χ0) is 15.1. The number of hydrogen-bond donors (Lipinski definition) is 1. The van der Waals surface area contributed by atoms with Crippen molar-refractivity contribution in [3.8, 4) is 17.1 Å². The lowest BCUT2D eigenvalue weighted by Crippen LogP contribution is -2.19. The first kappa shape index (κ1) is 13.7. The molecule has 116 valence electrons. The van der Waals surface area contributed by atoms with Crippen molar-refractivity contribution in [2.45, 2.75) is 25.9 Å². The second-order valence-corrected chi connectivity index (χ2v) is 6.45. The third-order valence-electron chi connectivity index (χ3n) is 4.83. The highest BCUT2D eigenvalue weighted by atomic mass is 16.5. The summed E-state index contributed by atoms with van der Waals surface area (Å²) in [6, 6.07) is 3.88. The minimum absolute atomic E-state index is 0.289. The van der Waals surface area contributed by atoms with Crippen LogP contribution in [0.4, 0.5) is 0 Å². The van der Waals surface area contributed by atoms with Crippen LogP contribution in [0.25, 0.3) is 11.3 Å². The van der Waals surface area contributed by atoms with Crippen molar-refractivity contribution in [3.05, 3.63) is 24.0 Å². The van der Waals surface area contributed by atoms with Gasteiger partial charge < -0.3 is 10.1 Å². The highest BCUT2D eigenvalue weighted by Crippen LogP contribution is 2.36. The van der Waals surface area contributed by atoms with Gasteiger partial charge in [-0.2, -0.15) is 5.10 Å². The first-order valence-electron chi connectivity index (χ1n) is 7.91. The minimum atomic E-state index is 0.289. The number of nitrogens with zero attached hydrogens (tertiary/aromatic N) is 4. The predicted octanol–water partition coefficient (Wildman–Crippen LogP) is 1.56. The van der Waals surface area contributed by atoms with Crippen LogP contribution in [0.5, 0.6) is 5.88 Å². The van der Waals surface area contributed by atoms with Crippen LogP contribution in [0.1, 0.15) is 18.5 Å². The average Bonchev–Trinajstić information content (AvgIpc) is 3.15. The summed E-state index contributed by atoms with van der Waals surface area (Å²) in [5.41, 5.74) is 2.81. The molecule has 2 aromatic heterocycles. The van der Waals surface area contributed by atoms with Gasteiger partial charge >= 0.3 is 0 Å². The molecule has 0 bridgehead atoms. The van der Waals surface area contributed by atoms with Gasteiger partial charge in [0.15, 0.2) is 0 Å². The molecule has 0 amide bonds. The number of fused-ring (bicyclic) bond motifs is 1. The molecular weight excluding hydrogens is 278 g/mol. The number of hydrogen-bond acceptors (Lipinski definition) is 5. The Morgan fingerprint density at radius 2 is 1.95 bits per heavy atom. The Morgan fingerprint density at radius 3 is 2.55 bits per heavy atom. The highest BCUT2D eigenvalue weighted by Gasteiger charge is 2.38. The van der Waals surface area contributed by atoms with Gasteiger partial charge in [0, 0.05) is 24.9 Å². The molecule has 1 saturated carbocycles. The Balaban J connectivity index is 1.45. The molecule has 2 atom stereocenters. The van der Waals surface area contributed by atoms with Crippen molar-refractivity contribution in [2.24, 2.45) is 18.9 Å². The molecule has 2 aromatic rings. The Labute approximate surface area is 129 Å². The molecule has 0 spiro atoms. The summed E-state index contributed by atoms with van der Waals surface area (Å²) < 4.78 is 7.81. The van der Waals surface area contributed by atoms with E-state index >= 15 is 0 Å². The maximum atomic E-state index is 6.02. The van der Waals surface area contributed by atoms with Gasteiger partial charge in [0.05, 0.1) is 11.4 Å². The fourth-order valence-corrected chi connectivity index (χ4v) is 3.76. The summed E-state index contributed by atoms with van der Waals surface area (Å²) >= 11 is 0. The Kier molecular flexibility index (Phi) is 3.33. The van der Waals surface area contributed by atoms with Gasteiger partial charge in [-0.15, -0.1) is 10.2 Å². The van der Waals surface area contributed by atoms with Crippen LogP contribution >= 0.6 is 0 Å². The normalized spacial score (nSPS) is 27.1. The molecule has 1 N–H and O–H groups in total. The van der Waals surface area contributed by atoms with Gasteiger partial charge in [0.25, 0.3) is 0 Å². The number of ether oxygens (including phenoxy) is 1. The molecule has 3 heterocycles. The standard InChI is InChI=1S/C16H21N5O/c1-10-14(9-21(2)20-10)15-3-4-16(19-18-15)22-13-5-11-7-17-8-12(11)6-13/h3-4,9,11-13,17H,5-8H2,1-2H3. The van der Waals surface area contributed by atoms with Crippen LogP contribution in [-0.4, -0.2) is 39.2 Å². The zero-order valence-electron chi connectivity index (χ0n) is 13.0. The number of nitrogens with one attached hydrogen (secondary N) is 1. The van der Waals surface area contributed by atoms with Crippen LogP contribution in [0.3, 0.4) is 0 Å². The largest absolute Gasteiger partial charge is 0.473 e. The van der Waals surface area contributed by atoms with E-state index in [1.165, 1.54) is 0 Å². The summed E-state index contributed by atoms with van der Waals surface area (Å²) in [4.78, 5) is 0. The van der Waals surface area contributed by atoms with Crippen LogP contribution in [0.15, 0.2) is 18.3 Å². The van der Waals surface area contributed by atoms with Crippen molar-refractivity contribution < 1.29 is 4.74 Å². The smallest absolute Gasteiger partial charge is 0.233 e. The van der Waals surface area contributed by atoms with Gasteiger partial charge in [-0.3, -0.25) is 4.68 Å². The van der Waals surface area contributed by atoms with Crippen molar-refractivity contribution in [2.75, 3.05) is 13.1 Å². The Bertz CT molecular complexity index is 654. The van der Waals surface area contributed by atoms with Crippen molar-refractivity contribution in [1.82, 2.24) is 25.3 Å². The summed E-state index contributed by atoms with van der Waals surface area (Å²) in [6.07, 6.45) is 4.51. The number of aromatic nitrogens is 4. The van der Waals surface area contributed by atoms with Crippen LogP contribution in [-0.2, 0) is 7.05 Å². The monoisotopic (exact) mass is 299 g/mol. The van der Waals surface area contributed by atoms with Crippen molar-refractivity contribution in [3.63, 3.8) is 0 Å². The molecule has 1 saturated heterocycles. The van der Waals surface area contributed by atoms with E-state index < -0.39 is 0 Å². The molecule has 1 aliphatic heterocycles. The van der Waals surface area contributed by atoms with Gasteiger partial charge in [-0.1, -0.05) is 0 Å². The molecule has 2 aliphatic rings. The fourth-order valence-electron chi connectivity index (χ4n) is 3.76. The number of aryl methyl sites for hydroxylation is 2. The summed E-state index contributed by atoms with van der Waals surface area (Å²) in [5, 5.41) is 16.3. The maximum absolute atomic E-state index is 6.02. The fraction of sp³-hybridized carbons (Fsp3) is 0.562. The molecule has 1 aliphatic carbocycles. The highest BCUT2D eigenvalue weighted by molar-refractivity contribution is 5.60. The number of rotatable bonds is 3. The molecule has 6 nitrogen and oxygen atoms in total. The summed E-state index contributed by atoms with van der Waals surface area (Å²) in [7, 11) is 1.91. The van der Waals surface area contributed by atoms with E-state index in [0.29, 0.717) is 5.88 Å². The van der Waals surface area contributed by atoms with Crippen LogP contribution in [0, 0.1) is 18.8 Å². The lowest BCUT2D eigenvalue weighted by molar-refractivity contribution is 0.189. The molecule has 2 fully saturated rings. The van der Waals surface area contributed by atoms with Gasteiger partial charge in [-0.25, -0.2) is 0 Å². The van der Waals surface area contributed by atoms with E-state index in [9.17, 15) is 0 Å². The average molecular weight is 299 g/mol. The second kappa shape index (κ2) is 5.35. The minimum Gasteiger partial charge on any atom is -0.473 e.